The zero-order chi connectivity index (χ0) is 8.81. The van der Waals surface area contributed by atoms with Crippen LogP contribution in [0.5, 0.6) is 0 Å². The molecule has 1 nitrogen and oxygen atoms in total. The highest BCUT2D eigenvalue weighted by atomic mass is 32.1. The van der Waals surface area contributed by atoms with Crippen LogP contribution in [-0.2, 0) is 6.42 Å². The lowest BCUT2D eigenvalue weighted by Gasteiger charge is -2.03. The molecule has 0 aliphatic rings. The normalized spacial score (nSPS) is 10.2. The lowest BCUT2D eigenvalue weighted by molar-refractivity contribution is 0.720. The first-order chi connectivity index (χ1) is 5.84. The molecule has 0 unspecified atom stereocenters. The zero-order valence-corrected chi connectivity index (χ0v) is 8.27. The molecule has 0 bridgehead atoms. The molecule has 1 N–H and O–H groups in total. The van der Waals surface area contributed by atoms with Crippen LogP contribution in [0.3, 0.4) is 0 Å². The molecule has 0 aliphatic heterocycles. The number of nitrogens with one attached hydrogen (secondary N) is 1. The summed E-state index contributed by atoms with van der Waals surface area (Å²) in [5.74, 6) is 0. The first-order valence-corrected chi connectivity index (χ1v) is 4.71. The van der Waals surface area contributed by atoms with E-state index in [-0.39, 0.29) is 0 Å². The van der Waals surface area contributed by atoms with E-state index in [1.807, 2.05) is 19.2 Å². The lowest BCUT2D eigenvalue weighted by atomic mass is 10.1. The molecule has 0 radical (unpaired) electrons. The van der Waals surface area contributed by atoms with E-state index in [1.165, 1.54) is 12.0 Å². The third kappa shape index (κ3) is 2.88. The minimum Gasteiger partial charge on any atom is -0.320 e. The van der Waals surface area contributed by atoms with Gasteiger partial charge in [-0.1, -0.05) is 18.2 Å². The smallest absolute Gasteiger partial charge is 0.00720 e. The molecule has 0 atom stereocenters. The van der Waals surface area contributed by atoms with Gasteiger partial charge < -0.3 is 5.32 Å². The first-order valence-electron chi connectivity index (χ1n) is 4.26. The average molecular weight is 181 g/mol. The summed E-state index contributed by atoms with van der Waals surface area (Å²) >= 11 is 4.38. The van der Waals surface area contributed by atoms with Crippen molar-refractivity contribution in [2.75, 3.05) is 13.6 Å². The van der Waals surface area contributed by atoms with E-state index in [0.29, 0.717) is 0 Å². The van der Waals surface area contributed by atoms with E-state index < -0.39 is 0 Å². The van der Waals surface area contributed by atoms with Crippen LogP contribution in [0.4, 0.5) is 0 Å². The van der Waals surface area contributed by atoms with Crippen molar-refractivity contribution in [2.24, 2.45) is 0 Å². The summed E-state index contributed by atoms with van der Waals surface area (Å²) < 4.78 is 0. The maximum atomic E-state index is 4.38. The molecule has 0 amide bonds. The molecule has 1 aromatic carbocycles. The van der Waals surface area contributed by atoms with Crippen LogP contribution >= 0.6 is 12.6 Å². The van der Waals surface area contributed by atoms with Gasteiger partial charge in [0.2, 0.25) is 0 Å². The van der Waals surface area contributed by atoms with Crippen LogP contribution in [0.1, 0.15) is 12.0 Å². The van der Waals surface area contributed by atoms with Gasteiger partial charge in [-0.25, -0.2) is 0 Å². The molecule has 0 aromatic heterocycles. The van der Waals surface area contributed by atoms with Gasteiger partial charge in [0, 0.05) is 4.90 Å². The molecule has 0 aliphatic carbocycles. The molecule has 1 rings (SSSR count). The van der Waals surface area contributed by atoms with Crippen LogP contribution in [0.25, 0.3) is 0 Å². The number of benzene rings is 1. The van der Waals surface area contributed by atoms with E-state index >= 15 is 0 Å². The maximum absolute atomic E-state index is 4.38. The molecule has 0 heterocycles. The summed E-state index contributed by atoms with van der Waals surface area (Å²) in [6.45, 7) is 1.07. The molecular weight excluding hydrogens is 166 g/mol. The standard InChI is InChI=1S/C10H15NS/c1-11-8-4-6-9-5-2-3-7-10(9)12/h2-3,5,7,11-12H,4,6,8H2,1H3. The van der Waals surface area contributed by atoms with Crippen molar-refractivity contribution in [2.45, 2.75) is 17.7 Å². The molecular formula is C10H15NS. The summed E-state index contributed by atoms with van der Waals surface area (Å²) in [7, 11) is 1.98. The van der Waals surface area contributed by atoms with Crippen molar-refractivity contribution in [3.63, 3.8) is 0 Å². The summed E-state index contributed by atoms with van der Waals surface area (Å²) in [5.41, 5.74) is 1.34. The minimum atomic E-state index is 1.07. The fraction of sp³-hybridized carbons (Fsp3) is 0.400. The molecule has 1 aromatic rings. The molecule has 2 heteroatoms. The van der Waals surface area contributed by atoms with Crippen molar-refractivity contribution in [1.82, 2.24) is 5.32 Å². The number of hydrogen-bond acceptors (Lipinski definition) is 2. The Morgan fingerprint density at radius 3 is 2.75 bits per heavy atom. The quantitative estimate of drug-likeness (QED) is 0.535. The van der Waals surface area contributed by atoms with E-state index in [0.717, 1.165) is 17.9 Å². The Kier molecular flexibility index (Phi) is 4.19. The van der Waals surface area contributed by atoms with Gasteiger partial charge in [-0.3, -0.25) is 0 Å². The third-order valence-corrected chi connectivity index (χ3v) is 2.30. The van der Waals surface area contributed by atoms with Gasteiger partial charge in [0.05, 0.1) is 0 Å². The summed E-state index contributed by atoms with van der Waals surface area (Å²) in [6, 6.07) is 8.26. The van der Waals surface area contributed by atoms with E-state index in [9.17, 15) is 0 Å². The van der Waals surface area contributed by atoms with Crippen LogP contribution in [-0.4, -0.2) is 13.6 Å². The number of aryl methyl sites for hydroxylation is 1. The largest absolute Gasteiger partial charge is 0.320 e. The highest BCUT2D eigenvalue weighted by molar-refractivity contribution is 7.80. The molecule has 0 spiro atoms. The Balaban J connectivity index is 2.46. The highest BCUT2D eigenvalue weighted by Crippen LogP contribution is 2.14. The fourth-order valence-electron chi connectivity index (χ4n) is 1.18. The van der Waals surface area contributed by atoms with Crippen molar-refractivity contribution < 1.29 is 0 Å². The first kappa shape index (κ1) is 9.62. The fourth-order valence-corrected chi connectivity index (χ4v) is 1.45. The molecule has 0 fully saturated rings. The summed E-state index contributed by atoms with van der Waals surface area (Å²) in [5, 5.41) is 3.13. The van der Waals surface area contributed by atoms with Crippen LogP contribution in [0, 0.1) is 0 Å². The second-order valence-electron chi connectivity index (χ2n) is 2.84. The minimum absolute atomic E-state index is 1.07. The van der Waals surface area contributed by atoms with E-state index in [2.05, 4.69) is 30.1 Å². The monoisotopic (exact) mass is 181 g/mol. The number of rotatable bonds is 4. The number of thiol groups is 1. The Hall–Kier alpha value is -0.470. The van der Waals surface area contributed by atoms with Crippen LogP contribution in [0.2, 0.25) is 0 Å². The molecule has 0 saturated carbocycles. The Bertz CT molecular complexity index is 235. The lowest BCUT2D eigenvalue weighted by Crippen LogP contribution is -2.08. The second-order valence-corrected chi connectivity index (χ2v) is 3.32. The summed E-state index contributed by atoms with van der Waals surface area (Å²) in [6.07, 6.45) is 2.29. The van der Waals surface area contributed by atoms with Gasteiger partial charge >= 0.3 is 0 Å². The molecule has 0 saturated heterocycles. The second kappa shape index (κ2) is 5.22. The predicted molar refractivity (Wildman–Crippen MR) is 55.9 cm³/mol. The van der Waals surface area contributed by atoms with Crippen LogP contribution in [0.15, 0.2) is 29.2 Å². The predicted octanol–water partition coefficient (Wildman–Crippen LogP) is 2.13. The maximum Gasteiger partial charge on any atom is 0.00720 e. The van der Waals surface area contributed by atoms with Gasteiger partial charge in [0.1, 0.15) is 0 Å². The SMILES string of the molecule is CNCCCc1ccccc1S. The van der Waals surface area contributed by atoms with Gasteiger partial charge in [-0.05, 0) is 38.1 Å². The van der Waals surface area contributed by atoms with Gasteiger partial charge in [0.25, 0.3) is 0 Å². The van der Waals surface area contributed by atoms with Gasteiger partial charge in [-0.15, -0.1) is 12.6 Å². The highest BCUT2D eigenvalue weighted by Gasteiger charge is 1.95. The Labute approximate surface area is 79.6 Å². The topological polar surface area (TPSA) is 12.0 Å². The van der Waals surface area contributed by atoms with E-state index in [1.54, 1.807) is 0 Å². The Morgan fingerprint density at radius 2 is 2.08 bits per heavy atom. The molecule has 66 valence electrons. The van der Waals surface area contributed by atoms with Crippen LogP contribution < -0.4 is 5.32 Å². The third-order valence-electron chi connectivity index (χ3n) is 1.86. The van der Waals surface area contributed by atoms with E-state index in [4.69, 9.17) is 0 Å². The van der Waals surface area contributed by atoms with Crippen molar-refractivity contribution in [3.8, 4) is 0 Å². The van der Waals surface area contributed by atoms with Crippen molar-refractivity contribution in [1.29, 1.82) is 0 Å². The van der Waals surface area contributed by atoms with Crippen molar-refractivity contribution in [3.05, 3.63) is 29.8 Å². The van der Waals surface area contributed by atoms with Gasteiger partial charge in [0.15, 0.2) is 0 Å². The van der Waals surface area contributed by atoms with Crippen molar-refractivity contribution >= 4 is 12.6 Å². The van der Waals surface area contributed by atoms with Gasteiger partial charge in [-0.2, -0.15) is 0 Å². The zero-order valence-electron chi connectivity index (χ0n) is 7.38. The number of hydrogen-bond donors (Lipinski definition) is 2. The Morgan fingerprint density at radius 1 is 1.33 bits per heavy atom. The summed E-state index contributed by atoms with van der Waals surface area (Å²) in [4.78, 5) is 1.11. The molecule has 12 heavy (non-hydrogen) atoms. The average Bonchev–Trinajstić information content (AvgIpc) is 2.09.